The summed E-state index contributed by atoms with van der Waals surface area (Å²) in [7, 11) is -2.92. The van der Waals surface area contributed by atoms with E-state index in [1.807, 2.05) is 18.4 Å². The first kappa shape index (κ1) is 14.2. The van der Waals surface area contributed by atoms with Crippen LogP contribution in [0.15, 0.2) is 6.20 Å². The quantitative estimate of drug-likeness (QED) is 0.784. The smallest absolute Gasteiger partial charge is 0.151 e. The van der Waals surface area contributed by atoms with E-state index in [-0.39, 0.29) is 11.5 Å². The molecule has 1 rings (SSSR count). The largest absolute Gasteiger partial charge is 0.330 e. The zero-order valence-corrected chi connectivity index (χ0v) is 11.5. The zero-order valence-electron chi connectivity index (χ0n) is 10.7. The number of sulfone groups is 1. The lowest BCUT2D eigenvalue weighted by molar-refractivity contribution is 0.582. The fraction of sp³-hybridized carbons (Fsp3) is 0.727. The molecule has 0 unspecified atom stereocenters. The Morgan fingerprint density at radius 2 is 2.12 bits per heavy atom. The molecule has 0 spiro atoms. The van der Waals surface area contributed by atoms with Gasteiger partial charge >= 0.3 is 0 Å². The molecule has 0 aromatic carbocycles. The average molecular weight is 259 g/mol. The third-order valence-electron chi connectivity index (χ3n) is 2.76. The van der Waals surface area contributed by atoms with Gasteiger partial charge in [-0.15, -0.1) is 0 Å². The topological polar surface area (TPSA) is 64.0 Å². The van der Waals surface area contributed by atoms with E-state index in [2.05, 4.69) is 10.3 Å². The summed E-state index contributed by atoms with van der Waals surface area (Å²) in [4.78, 5) is 4.22. The molecule has 6 heteroatoms. The number of aromatic nitrogens is 2. The van der Waals surface area contributed by atoms with Crippen LogP contribution in [0.1, 0.15) is 25.4 Å². The van der Waals surface area contributed by atoms with Crippen molar-refractivity contribution in [3.05, 3.63) is 17.7 Å². The van der Waals surface area contributed by atoms with Gasteiger partial charge in [0.05, 0.1) is 11.4 Å². The molecule has 0 aliphatic carbocycles. The van der Waals surface area contributed by atoms with Crippen molar-refractivity contribution < 1.29 is 8.42 Å². The number of aryl methyl sites for hydroxylation is 1. The Balaban J connectivity index is 2.72. The van der Waals surface area contributed by atoms with Crippen molar-refractivity contribution in [2.24, 2.45) is 0 Å². The Morgan fingerprint density at radius 1 is 1.41 bits per heavy atom. The van der Waals surface area contributed by atoms with Crippen molar-refractivity contribution in [3.63, 3.8) is 0 Å². The van der Waals surface area contributed by atoms with Gasteiger partial charge in [-0.25, -0.2) is 13.4 Å². The Hall–Kier alpha value is -0.880. The maximum atomic E-state index is 11.5. The van der Waals surface area contributed by atoms with Gasteiger partial charge in [0.2, 0.25) is 0 Å². The number of imidazole rings is 1. The minimum Gasteiger partial charge on any atom is -0.330 e. The Morgan fingerprint density at radius 3 is 2.71 bits per heavy atom. The van der Waals surface area contributed by atoms with Gasteiger partial charge in [0.25, 0.3) is 0 Å². The van der Waals surface area contributed by atoms with Crippen LogP contribution in [0.2, 0.25) is 0 Å². The predicted octanol–water partition coefficient (Wildman–Crippen LogP) is 0.736. The minimum atomic E-state index is -2.92. The van der Waals surface area contributed by atoms with Crippen LogP contribution in [0, 0.1) is 6.92 Å². The highest BCUT2D eigenvalue weighted by Gasteiger charge is 2.11. The van der Waals surface area contributed by atoms with Gasteiger partial charge < -0.3 is 9.88 Å². The van der Waals surface area contributed by atoms with Crippen LogP contribution in [0.3, 0.4) is 0 Å². The molecular weight excluding hydrogens is 238 g/mol. The van der Waals surface area contributed by atoms with E-state index < -0.39 is 9.84 Å². The van der Waals surface area contributed by atoms with E-state index in [9.17, 15) is 8.42 Å². The predicted molar refractivity (Wildman–Crippen MR) is 68.7 cm³/mol. The molecule has 0 saturated heterocycles. The molecule has 17 heavy (non-hydrogen) atoms. The lowest BCUT2D eigenvalue weighted by Crippen LogP contribution is -2.20. The second-order valence-electron chi connectivity index (χ2n) is 3.97. The molecule has 1 aromatic rings. The van der Waals surface area contributed by atoms with Crippen molar-refractivity contribution in [2.75, 3.05) is 18.1 Å². The van der Waals surface area contributed by atoms with Gasteiger partial charge in [-0.2, -0.15) is 0 Å². The molecule has 0 aliphatic rings. The number of hydrogen-bond acceptors (Lipinski definition) is 4. The first-order chi connectivity index (χ1) is 8.00. The fourth-order valence-corrected chi connectivity index (χ4v) is 2.34. The molecule has 98 valence electrons. The molecule has 5 nitrogen and oxygen atoms in total. The Bertz CT molecular complexity index is 451. The van der Waals surface area contributed by atoms with E-state index in [0.717, 1.165) is 24.6 Å². The van der Waals surface area contributed by atoms with E-state index >= 15 is 0 Å². The van der Waals surface area contributed by atoms with Gasteiger partial charge in [0.15, 0.2) is 9.84 Å². The minimum absolute atomic E-state index is 0.180. The molecule has 0 bridgehead atoms. The highest BCUT2D eigenvalue weighted by atomic mass is 32.2. The van der Waals surface area contributed by atoms with E-state index in [0.29, 0.717) is 6.54 Å². The number of hydrogen-bond donors (Lipinski definition) is 1. The van der Waals surface area contributed by atoms with Crippen LogP contribution in [0.5, 0.6) is 0 Å². The molecular formula is C11H21N3O2S. The van der Waals surface area contributed by atoms with Crippen molar-refractivity contribution in [1.29, 1.82) is 0 Å². The first-order valence-electron chi connectivity index (χ1n) is 5.92. The summed E-state index contributed by atoms with van der Waals surface area (Å²) in [6.45, 7) is 7.71. The van der Waals surface area contributed by atoms with Crippen LogP contribution in [-0.4, -0.2) is 36.0 Å². The van der Waals surface area contributed by atoms with Gasteiger partial charge in [-0.05, 0) is 13.5 Å². The lowest BCUT2D eigenvalue weighted by atomic mass is 10.4. The summed E-state index contributed by atoms with van der Waals surface area (Å²) in [6.07, 6.45) is 1.80. The maximum Gasteiger partial charge on any atom is 0.151 e. The first-order valence-corrected chi connectivity index (χ1v) is 7.74. The molecule has 0 radical (unpaired) electrons. The van der Waals surface area contributed by atoms with E-state index in [1.54, 1.807) is 13.1 Å². The second-order valence-corrected chi connectivity index (χ2v) is 6.44. The highest BCUT2D eigenvalue weighted by Crippen LogP contribution is 2.05. The molecule has 0 fully saturated rings. The number of nitrogens with one attached hydrogen (secondary N) is 1. The van der Waals surface area contributed by atoms with Crippen molar-refractivity contribution in [2.45, 2.75) is 33.9 Å². The number of nitrogens with zero attached hydrogens (tertiary/aromatic N) is 2. The molecule has 1 aromatic heterocycles. The zero-order chi connectivity index (χ0) is 12.9. The van der Waals surface area contributed by atoms with Crippen LogP contribution in [-0.2, 0) is 22.9 Å². The van der Waals surface area contributed by atoms with E-state index in [1.165, 1.54) is 0 Å². The van der Waals surface area contributed by atoms with Gasteiger partial charge in [0.1, 0.15) is 5.82 Å². The summed E-state index contributed by atoms with van der Waals surface area (Å²) in [6, 6.07) is 0. The van der Waals surface area contributed by atoms with Crippen molar-refractivity contribution in [3.8, 4) is 0 Å². The maximum absolute atomic E-state index is 11.5. The van der Waals surface area contributed by atoms with Crippen LogP contribution < -0.4 is 5.32 Å². The second kappa shape index (κ2) is 6.16. The Labute approximate surface area is 103 Å². The van der Waals surface area contributed by atoms with Crippen molar-refractivity contribution >= 4 is 9.84 Å². The Kier molecular flexibility index (Phi) is 5.14. The SMILES string of the molecule is CCNCc1cnc(C)n1CCS(=O)(=O)CC. The lowest BCUT2D eigenvalue weighted by Gasteiger charge is -2.10. The fourth-order valence-electron chi connectivity index (χ4n) is 1.59. The van der Waals surface area contributed by atoms with Gasteiger partial charge in [-0.1, -0.05) is 13.8 Å². The summed E-state index contributed by atoms with van der Waals surface area (Å²) in [5.74, 6) is 1.24. The summed E-state index contributed by atoms with van der Waals surface area (Å²) < 4.78 is 24.9. The van der Waals surface area contributed by atoms with Crippen LogP contribution in [0.4, 0.5) is 0 Å². The molecule has 0 aliphatic heterocycles. The third kappa shape index (κ3) is 4.12. The average Bonchev–Trinajstić information content (AvgIpc) is 2.65. The molecule has 0 amide bonds. The molecule has 0 atom stereocenters. The van der Waals surface area contributed by atoms with E-state index in [4.69, 9.17) is 0 Å². The molecule has 0 saturated carbocycles. The van der Waals surface area contributed by atoms with Gasteiger partial charge in [-0.3, -0.25) is 0 Å². The summed E-state index contributed by atoms with van der Waals surface area (Å²) >= 11 is 0. The van der Waals surface area contributed by atoms with Crippen LogP contribution in [0.25, 0.3) is 0 Å². The summed E-state index contributed by atoms with van der Waals surface area (Å²) in [5, 5.41) is 3.22. The number of rotatable bonds is 7. The van der Waals surface area contributed by atoms with Crippen molar-refractivity contribution in [1.82, 2.24) is 14.9 Å². The normalized spacial score (nSPS) is 11.9. The molecule has 1 heterocycles. The molecule has 1 N–H and O–H groups in total. The highest BCUT2D eigenvalue weighted by molar-refractivity contribution is 7.91. The standard InChI is InChI=1S/C11H21N3O2S/c1-4-12-8-11-9-13-10(3)14(11)6-7-17(15,16)5-2/h9,12H,4-8H2,1-3H3. The van der Waals surface area contributed by atoms with Crippen LogP contribution >= 0.6 is 0 Å². The monoisotopic (exact) mass is 259 g/mol. The third-order valence-corrected chi connectivity index (χ3v) is 4.44. The summed E-state index contributed by atoms with van der Waals surface area (Å²) in [5.41, 5.74) is 1.04. The van der Waals surface area contributed by atoms with Gasteiger partial charge in [0, 0.05) is 25.0 Å².